The molecule has 4 aliphatic rings. The Kier molecular flexibility index (Phi) is 10.1. The van der Waals surface area contributed by atoms with E-state index in [1.54, 1.807) is 36.4 Å². The van der Waals surface area contributed by atoms with Crippen molar-refractivity contribution in [3.05, 3.63) is 87.9 Å². The van der Waals surface area contributed by atoms with Crippen LogP contribution in [0, 0.1) is 28.1 Å². The third-order valence-electron chi connectivity index (χ3n) is 11.7. The van der Waals surface area contributed by atoms with Gasteiger partial charge >= 0.3 is 0 Å². The lowest BCUT2D eigenvalue weighted by molar-refractivity contribution is -0.164. The lowest BCUT2D eigenvalue weighted by Crippen LogP contribution is -2.74. The summed E-state index contributed by atoms with van der Waals surface area (Å²) >= 11 is 6.23. The smallest absolute Gasteiger partial charge is 0.262 e. The van der Waals surface area contributed by atoms with Crippen LogP contribution >= 0.6 is 11.6 Å². The van der Waals surface area contributed by atoms with Gasteiger partial charge in [-0.05, 0) is 86.2 Å². The minimum atomic E-state index is -1.01. The van der Waals surface area contributed by atoms with Gasteiger partial charge in [0.05, 0.1) is 28.3 Å². The minimum absolute atomic E-state index is 0.0688. The predicted octanol–water partition coefficient (Wildman–Crippen LogP) is 5.91. The summed E-state index contributed by atoms with van der Waals surface area (Å²) in [5, 5.41) is 15.0. The van der Waals surface area contributed by atoms with Crippen molar-refractivity contribution in [2.45, 2.75) is 78.0 Å². The normalized spacial score (nSPS) is 23.0. The number of hydrogen-bond donors (Lipinski definition) is 2. The zero-order valence-corrected chi connectivity index (χ0v) is 32.1. The quantitative estimate of drug-likeness (QED) is 0.240. The Hall–Kier alpha value is -5.41. The maximum atomic E-state index is 13.4. The number of nitrogens with zero attached hydrogens (tertiary/aromatic N) is 3. The number of halogens is 1. The topological polar surface area (TPSA) is 158 Å². The number of carbonyl (C=O) groups excluding carboxylic acids is 5. The Morgan fingerprint density at radius 3 is 2.24 bits per heavy atom. The molecular weight excluding hydrogens is 722 g/mol. The van der Waals surface area contributed by atoms with Crippen LogP contribution in [0.5, 0.6) is 11.5 Å². The molecule has 2 saturated heterocycles. The van der Waals surface area contributed by atoms with Gasteiger partial charge < -0.3 is 19.7 Å². The molecule has 55 heavy (non-hydrogen) atoms. The summed E-state index contributed by atoms with van der Waals surface area (Å²) in [7, 11) is 0. The fourth-order valence-corrected chi connectivity index (χ4v) is 9.21. The van der Waals surface area contributed by atoms with Crippen LogP contribution in [-0.4, -0.2) is 72.3 Å². The lowest BCUT2D eigenvalue weighted by atomic mass is 9.49. The Bertz CT molecular complexity index is 2090. The van der Waals surface area contributed by atoms with Gasteiger partial charge in [0, 0.05) is 53.7 Å². The second kappa shape index (κ2) is 14.7. The van der Waals surface area contributed by atoms with Gasteiger partial charge in [0.1, 0.15) is 29.7 Å². The third-order valence-corrected chi connectivity index (χ3v) is 12.1. The number of nitriles is 1. The molecule has 3 heterocycles. The molecule has 286 valence electrons. The van der Waals surface area contributed by atoms with E-state index in [1.165, 1.54) is 0 Å². The second-order valence-corrected chi connectivity index (χ2v) is 16.5. The number of rotatable bonds is 10. The Labute approximate surface area is 325 Å². The maximum absolute atomic E-state index is 13.4. The van der Waals surface area contributed by atoms with Crippen molar-refractivity contribution in [1.82, 2.24) is 15.5 Å². The molecule has 1 unspecified atom stereocenters. The van der Waals surface area contributed by atoms with Crippen molar-refractivity contribution in [2.75, 3.05) is 24.6 Å². The largest absolute Gasteiger partial charge is 0.494 e. The number of anilines is 1. The molecule has 1 saturated carbocycles. The summed E-state index contributed by atoms with van der Waals surface area (Å²) in [6, 6.07) is 18.5. The number of carbonyl (C=O) groups is 5. The fourth-order valence-electron chi connectivity index (χ4n) is 9.00. The summed E-state index contributed by atoms with van der Waals surface area (Å²) in [5.74, 6) is -0.757. The molecule has 2 N–H and O–H groups in total. The average Bonchev–Trinajstić information content (AvgIpc) is 3.41. The molecular formula is C42H44ClN5O7. The highest BCUT2D eigenvalue weighted by atomic mass is 35.5. The van der Waals surface area contributed by atoms with E-state index in [0.717, 1.165) is 42.9 Å². The molecule has 3 aromatic rings. The molecule has 1 atom stereocenters. The highest BCUT2D eigenvalue weighted by Crippen LogP contribution is 2.55. The Morgan fingerprint density at radius 2 is 1.58 bits per heavy atom. The molecule has 13 heteroatoms. The minimum Gasteiger partial charge on any atom is -0.494 e. The fraction of sp³-hybridized carbons (Fsp3) is 0.429. The van der Waals surface area contributed by atoms with Crippen molar-refractivity contribution < 1.29 is 33.4 Å². The molecule has 0 spiro atoms. The Morgan fingerprint density at radius 1 is 0.909 bits per heavy atom. The number of ether oxygens (including phenoxy) is 2. The molecule has 0 aromatic heterocycles. The summed E-state index contributed by atoms with van der Waals surface area (Å²) in [4.78, 5) is 66.7. The first-order valence-corrected chi connectivity index (χ1v) is 19.1. The maximum Gasteiger partial charge on any atom is 0.262 e. The summed E-state index contributed by atoms with van der Waals surface area (Å²) < 4.78 is 12.4. The standard InChI is InChI=1S/C42H44ClN5O7/c1-41(2)39(42(3,4)40(41)55-29-10-7-26(23-44)32(43)22-29)46-35(50)25-5-8-27(9-6-25)47-18-15-24(16-19-47)17-20-54-28-11-12-30-31(21-28)38(53)48(37(30)52)33-13-14-34(49)45-36(33)51/h5-12,21-22,24,33,39-40H,13-20H2,1-4H3,(H,46,50)(H,45,49,51). The highest BCUT2D eigenvalue weighted by Gasteiger charge is 2.64. The average molecular weight is 766 g/mol. The summed E-state index contributed by atoms with van der Waals surface area (Å²) in [6.45, 7) is 10.5. The van der Waals surface area contributed by atoms with Crippen molar-refractivity contribution in [2.24, 2.45) is 16.7 Å². The van der Waals surface area contributed by atoms with Gasteiger partial charge in [0.25, 0.3) is 17.7 Å². The van der Waals surface area contributed by atoms with Crippen LogP contribution in [0.1, 0.15) is 96.4 Å². The van der Waals surface area contributed by atoms with Crippen LogP contribution < -0.4 is 25.0 Å². The molecule has 12 nitrogen and oxygen atoms in total. The van der Waals surface area contributed by atoms with Crippen LogP contribution in [0.2, 0.25) is 5.02 Å². The number of imide groups is 2. The van der Waals surface area contributed by atoms with E-state index < -0.39 is 29.7 Å². The van der Waals surface area contributed by atoms with Gasteiger partial charge in [-0.3, -0.25) is 34.2 Å². The van der Waals surface area contributed by atoms with Crippen molar-refractivity contribution in [3.63, 3.8) is 0 Å². The van der Waals surface area contributed by atoms with Gasteiger partial charge in [-0.1, -0.05) is 39.3 Å². The predicted molar refractivity (Wildman–Crippen MR) is 204 cm³/mol. The third kappa shape index (κ3) is 7.13. The monoisotopic (exact) mass is 765 g/mol. The lowest BCUT2D eigenvalue weighted by Gasteiger charge is -2.63. The van der Waals surface area contributed by atoms with E-state index >= 15 is 0 Å². The first kappa shape index (κ1) is 37.9. The number of hydrogen-bond acceptors (Lipinski definition) is 9. The van der Waals surface area contributed by atoms with Gasteiger partial charge in [0.2, 0.25) is 11.8 Å². The van der Waals surface area contributed by atoms with Crippen molar-refractivity contribution in [1.29, 1.82) is 5.26 Å². The molecule has 3 fully saturated rings. The SMILES string of the molecule is CC1(C)C(NC(=O)c2ccc(N3CCC(CCOc4ccc5c(c4)C(=O)N(C4CCC(=O)NC4=O)C5=O)CC3)cc2)C(C)(C)C1Oc1ccc(C#N)c(Cl)c1. The number of benzene rings is 3. The molecule has 3 aliphatic heterocycles. The van der Waals surface area contributed by atoms with Gasteiger partial charge in [0.15, 0.2) is 0 Å². The Balaban J connectivity index is 0.869. The number of piperidine rings is 2. The summed E-state index contributed by atoms with van der Waals surface area (Å²) in [6.07, 6.45) is 2.78. The molecule has 0 radical (unpaired) electrons. The highest BCUT2D eigenvalue weighted by molar-refractivity contribution is 6.31. The first-order chi connectivity index (χ1) is 26.2. The van der Waals surface area contributed by atoms with E-state index in [1.807, 2.05) is 24.3 Å². The number of nitrogens with one attached hydrogen (secondary N) is 2. The van der Waals surface area contributed by atoms with E-state index in [9.17, 15) is 29.2 Å². The molecule has 1 aliphatic carbocycles. The van der Waals surface area contributed by atoms with Crippen molar-refractivity contribution >= 4 is 46.8 Å². The molecule has 5 amide bonds. The van der Waals surface area contributed by atoms with E-state index in [-0.39, 0.29) is 52.9 Å². The van der Waals surface area contributed by atoms with Crippen LogP contribution in [0.3, 0.4) is 0 Å². The molecule has 3 aromatic carbocycles. The zero-order chi connectivity index (χ0) is 39.2. The van der Waals surface area contributed by atoms with Crippen LogP contribution in [-0.2, 0) is 9.59 Å². The second-order valence-electron chi connectivity index (χ2n) is 16.1. The van der Waals surface area contributed by atoms with Crippen LogP contribution in [0.4, 0.5) is 5.69 Å². The van der Waals surface area contributed by atoms with E-state index in [4.69, 9.17) is 21.1 Å². The number of amides is 5. The van der Waals surface area contributed by atoms with E-state index in [0.29, 0.717) is 40.2 Å². The molecule has 0 bridgehead atoms. The zero-order valence-electron chi connectivity index (χ0n) is 31.3. The van der Waals surface area contributed by atoms with Gasteiger partial charge in [-0.2, -0.15) is 5.26 Å². The van der Waals surface area contributed by atoms with Crippen molar-refractivity contribution in [3.8, 4) is 17.6 Å². The van der Waals surface area contributed by atoms with Gasteiger partial charge in [-0.25, -0.2) is 0 Å². The van der Waals surface area contributed by atoms with Crippen LogP contribution in [0.25, 0.3) is 0 Å². The summed E-state index contributed by atoms with van der Waals surface area (Å²) in [5.41, 5.74) is 1.74. The number of fused-ring (bicyclic) bond motifs is 1. The first-order valence-electron chi connectivity index (χ1n) is 18.7. The van der Waals surface area contributed by atoms with Crippen LogP contribution in [0.15, 0.2) is 60.7 Å². The molecule has 7 rings (SSSR count). The van der Waals surface area contributed by atoms with E-state index in [2.05, 4.69) is 49.3 Å². The van der Waals surface area contributed by atoms with Gasteiger partial charge in [-0.15, -0.1) is 0 Å².